The lowest BCUT2D eigenvalue weighted by Gasteiger charge is -2.22. The first-order valence-electron chi connectivity index (χ1n) is 19.8. The normalized spacial score (nSPS) is 12.0. The summed E-state index contributed by atoms with van der Waals surface area (Å²) in [6.07, 6.45) is 0. The lowest BCUT2D eigenvalue weighted by Crippen LogP contribution is -2.06. The lowest BCUT2D eigenvalue weighted by molar-refractivity contribution is 1.02. The fraction of sp³-hybridized carbons (Fsp3) is 0. The molecular formula is C53H33N5S. The molecule has 8 aromatic carbocycles. The van der Waals surface area contributed by atoms with Crippen molar-refractivity contribution in [2.75, 3.05) is 0 Å². The smallest absolute Gasteiger partial charge is 0.164 e. The van der Waals surface area contributed by atoms with E-state index in [4.69, 9.17) is 15.0 Å². The molecule has 0 unspecified atom stereocenters. The first-order chi connectivity index (χ1) is 29.2. The quantitative estimate of drug-likeness (QED) is 0.169. The van der Waals surface area contributed by atoms with Gasteiger partial charge in [0.25, 0.3) is 0 Å². The first-order valence-corrected chi connectivity index (χ1v) is 20.6. The number of rotatable bonds is 6. The average molecular weight is 772 g/mol. The summed E-state index contributed by atoms with van der Waals surface area (Å²) >= 11 is 1.81. The number of benzene rings is 8. The molecule has 1 aliphatic heterocycles. The number of fused-ring (bicyclic) bond motifs is 7. The SMILES string of the molecule is c1ccc(-c2cccc(-c3nc(-c4cccc(-c5ccccc5)c4)nc(-c4ccc5c(c4)Sc4cccc6c7c8ccccc8n(-c8ccccc8)c7n-5c46)n3)c2)cc1. The molecule has 11 aromatic rings. The Morgan fingerprint density at radius 3 is 1.51 bits per heavy atom. The van der Waals surface area contributed by atoms with Crippen molar-refractivity contribution in [2.24, 2.45) is 0 Å². The molecule has 0 N–H and O–H groups in total. The average Bonchev–Trinajstić information content (AvgIpc) is 3.84. The van der Waals surface area contributed by atoms with Crippen molar-refractivity contribution < 1.29 is 0 Å². The van der Waals surface area contributed by atoms with Crippen LogP contribution in [-0.2, 0) is 0 Å². The Morgan fingerprint density at radius 1 is 0.356 bits per heavy atom. The molecule has 0 bridgehead atoms. The molecule has 59 heavy (non-hydrogen) atoms. The van der Waals surface area contributed by atoms with Crippen LogP contribution in [0.3, 0.4) is 0 Å². The largest absolute Gasteiger partial charge is 0.295 e. The van der Waals surface area contributed by atoms with E-state index >= 15 is 0 Å². The molecule has 0 amide bonds. The van der Waals surface area contributed by atoms with E-state index in [0.717, 1.165) is 60.9 Å². The van der Waals surface area contributed by atoms with Crippen molar-refractivity contribution in [3.63, 3.8) is 0 Å². The molecular weight excluding hydrogens is 739 g/mol. The Hall–Kier alpha value is -7.54. The van der Waals surface area contributed by atoms with E-state index in [9.17, 15) is 0 Å². The number of aromatic nitrogens is 5. The second-order valence-corrected chi connectivity index (χ2v) is 15.9. The van der Waals surface area contributed by atoms with Crippen LogP contribution in [0, 0.1) is 0 Å². The Bertz CT molecular complexity index is 3310. The summed E-state index contributed by atoms with van der Waals surface area (Å²) in [5.41, 5.74) is 13.2. The predicted molar refractivity (Wildman–Crippen MR) is 242 cm³/mol. The van der Waals surface area contributed by atoms with E-state index in [-0.39, 0.29) is 0 Å². The van der Waals surface area contributed by atoms with Gasteiger partial charge < -0.3 is 0 Å². The topological polar surface area (TPSA) is 48.5 Å². The molecule has 0 radical (unpaired) electrons. The standard InChI is InChI=1S/C53H33N5S/c1-4-15-34(16-5-1)36-19-12-21-38(31-36)50-54-51(39-22-13-20-37(32-39)35-17-6-2-7-18-35)56-52(55-50)40-29-30-45-47(33-40)59-46-28-14-26-43-48-42-25-10-11-27-44(42)57(41-23-8-3-9-24-41)53(48)58(45)49(43)46/h1-33H. The van der Waals surface area contributed by atoms with Crippen LogP contribution in [0.5, 0.6) is 0 Å². The highest BCUT2D eigenvalue weighted by Gasteiger charge is 2.28. The van der Waals surface area contributed by atoms with Gasteiger partial charge in [0.1, 0.15) is 5.65 Å². The molecule has 3 aromatic heterocycles. The fourth-order valence-electron chi connectivity index (χ4n) is 8.66. The second kappa shape index (κ2) is 13.5. The van der Waals surface area contributed by atoms with E-state index in [1.54, 1.807) is 0 Å². The van der Waals surface area contributed by atoms with Crippen LogP contribution in [0.15, 0.2) is 210 Å². The number of hydrogen-bond donors (Lipinski definition) is 0. The van der Waals surface area contributed by atoms with Gasteiger partial charge in [0, 0.05) is 48.3 Å². The Balaban J connectivity index is 1.06. The van der Waals surface area contributed by atoms with Crippen molar-refractivity contribution in [2.45, 2.75) is 9.79 Å². The summed E-state index contributed by atoms with van der Waals surface area (Å²) in [6.45, 7) is 0. The van der Waals surface area contributed by atoms with Crippen LogP contribution in [-0.4, -0.2) is 24.1 Å². The summed E-state index contributed by atoms with van der Waals surface area (Å²) in [5, 5.41) is 3.77. The molecule has 0 atom stereocenters. The maximum atomic E-state index is 5.23. The third kappa shape index (κ3) is 5.52. The maximum Gasteiger partial charge on any atom is 0.164 e. The van der Waals surface area contributed by atoms with Crippen LogP contribution < -0.4 is 0 Å². The van der Waals surface area contributed by atoms with E-state index in [0.29, 0.717) is 17.5 Å². The zero-order chi connectivity index (χ0) is 38.9. The lowest BCUT2D eigenvalue weighted by atomic mass is 10.0. The molecule has 1 aliphatic rings. The summed E-state index contributed by atoms with van der Waals surface area (Å²) in [6, 6.07) is 70.7. The van der Waals surface area contributed by atoms with Crippen molar-refractivity contribution >= 4 is 44.6 Å². The van der Waals surface area contributed by atoms with Crippen molar-refractivity contribution in [1.29, 1.82) is 0 Å². The number of para-hydroxylation sites is 3. The van der Waals surface area contributed by atoms with Gasteiger partial charge in [0.2, 0.25) is 0 Å². The monoisotopic (exact) mass is 771 g/mol. The van der Waals surface area contributed by atoms with E-state index in [1.165, 1.54) is 32.1 Å². The second-order valence-electron chi connectivity index (χ2n) is 14.9. The van der Waals surface area contributed by atoms with Gasteiger partial charge in [-0.2, -0.15) is 0 Å². The number of hydrogen-bond acceptors (Lipinski definition) is 4. The maximum absolute atomic E-state index is 5.23. The Kier molecular flexibility index (Phi) is 7.71. The molecule has 0 fully saturated rings. The zero-order valence-corrected chi connectivity index (χ0v) is 32.5. The molecule has 5 nitrogen and oxygen atoms in total. The summed E-state index contributed by atoms with van der Waals surface area (Å²) in [4.78, 5) is 18.0. The predicted octanol–water partition coefficient (Wildman–Crippen LogP) is 13.7. The van der Waals surface area contributed by atoms with Gasteiger partial charge in [-0.3, -0.25) is 9.13 Å². The molecule has 0 aliphatic carbocycles. The Morgan fingerprint density at radius 2 is 0.864 bits per heavy atom. The molecule has 0 saturated heterocycles. The van der Waals surface area contributed by atoms with Gasteiger partial charge in [-0.1, -0.05) is 157 Å². The highest BCUT2D eigenvalue weighted by Crippen LogP contribution is 2.50. The third-order valence-electron chi connectivity index (χ3n) is 11.3. The molecule has 0 saturated carbocycles. The summed E-state index contributed by atoms with van der Waals surface area (Å²) in [7, 11) is 0. The third-order valence-corrected chi connectivity index (χ3v) is 12.4. The van der Waals surface area contributed by atoms with Gasteiger partial charge >= 0.3 is 0 Å². The fourth-order valence-corrected chi connectivity index (χ4v) is 9.79. The van der Waals surface area contributed by atoms with Gasteiger partial charge in [-0.05, 0) is 76.9 Å². The van der Waals surface area contributed by atoms with E-state index in [2.05, 4.69) is 197 Å². The minimum atomic E-state index is 0.628. The minimum absolute atomic E-state index is 0.628. The van der Waals surface area contributed by atoms with Gasteiger partial charge in [0.15, 0.2) is 17.5 Å². The number of nitrogens with zero attached hydrogens (tertiary/aromatic N) is 5. The highest BCUT2D eigenvalue weighted by molar-refractivity contribution is 7.99. The van der Waals surface area contributed by atoms with Crippen LogP contribution in [0.25, 0.3) is 101 Å². The van der Waals surface area contributed by atoms with E-state index in [1.807, 2.05) is 23.9 Å². The summed E-state index contributed by atoms with van der Waals surface area (Å²) < 4.78 is 4.89. The van der Waals surface area contributed by atoms with Gasteiger partial charge in [0.05, 0.1) is 16.7 Å². The van der Waals surface area contributed by atoms with Gasteiger partial charge in [-0.25, -0.2) is 15.0 Å². The zero-order valence-electron chi connectivity index (χ0n) is 31.7. The van der Waals surface area contributed by atoms with Crippen LogP contribution in [0.2, 0.25) is 0 Å². The highest BCUT2D eigenvalue weighted by atomic mass is 32.2. The van der Waals surface area contributed by atoms with Gasteiger partial charge in [-0.15, -0.1) is 0 Å². The molecule has 0 spiro atoms. The van der Waals surface area contributed by atoms with Crippen LogP contribution in [0.1, 0.15) is 0 Å². The molecule has 4 heterocycles. The van der Waals surface area contributed by atoms with Crippen molar-refractivity contribution in [3.05, 3.63) is 200 Å². The van der Waals surface area contributed by atoms with Crippen molar-refractivity contribution in [1.82, 2.24) is 24.1 Å². The Labute approximate surface area is 344 Å². The molecule has 276 valence electrons. The van der Waals surface area contributed by atoms with Crippen molar-refractivity contribution in [3.8, 4) is 67.8 Å². The summed E-state index contributed by atoms with van der Waals surface area (Å²) in [5.74, 6) is 1.89. The molecule has 6 heteroatoms. The van der Waals surface area contributed by atoms with E-state index < -0.39 is 0 Å². The molecule has 12 rings (SSSR count). The van der Waals surface area contributed by atoms with Crippen LogP contribution in [0.4, 0.5) is 0 Å². The minimum Gasteiger partial charge on any atom is -0.295 e. The van der Waals surface area contributed by atoms with Crippen LogP contribution >= 0.6 is 11.8 Å². The first kappa shape index (κ1) is 33.6.